The molecule has 6 heteroatoms. The number of aliphatic hydroxyl groups is 2. The van der Waals surface area contributed by atoms with E-state index in [1.807, 2.05) is 0 Å². The van der Waals surface area contributed by atoms with Gasteiger partial charge in [-0.1, -0.05) is 60.7 Å². The second kappa shape index (κ2) is 5.25. The fourth-order valence-corrected chi connectivity index (χ4v) is 2.69. The number of amides is 3. The van der Waals surface area contributed by atoms with Crippen molar-refractivity contribution < 1.29 is 19.8 Å². The van der Waals surface area contributed by atoms with E-state index in [1.54, 1.807) is 60.7 Å². The van der Waals surface area contributed by atoms with E-state index in [2.05, 4.69) is 5.32 Å². The van der Waals surface area contributed by atoms with Gasteiger partial charge in [0.2, 0.25) is 6.41 Å². The number of aliphatic hydroxyl groups excluding tert-OH is 1. The maximum atomic E-state index is 12.8. The van der Waals surface area contributed by atoms with Crippen LogP contribution in [0.1, 0.15) is 11.1 Å². The Morgan fingerprint density at radius 3 is 1.68 bits per heavy atom. The van der Waals surface area contributed by atoms with Gasteiger partial charge in [0.05, 0.1) is 0 Å². The molecule has 0 bridgehead atoms. The number of benzene rings is 2. The predicted octanol–water partition coefficient (Wildman–Crippen LogP) is 0.750. The lowest BCUT2D eigenvalue weighted by molar-refractivity contribution is -0.161. The van der Waals surface area contributed by atoms with Crippen molar-refractivity contribution in [2.75, 3.05) is 0 Å². The molecule has 0 atom stereocenters. The molecule has 22 heavy (non-hydrogen) atoms. The molecule has 0 spiro atoms. The van der Waals surface area contributed by atoms with Crippen LogP contribution < -0.4 is 5.32 Å². The Morgan fingerprint density at radius 2 is 1.32 bits per heavy atom. The van der Waals surface area contributed by atoms with Crippen molar-refractivity contribution in [1.82, 2.24) is 10.2 Å². The van der Waals surface area contributed by atoms with E-state index in [0.29, 0.717) is 16.0 Å². The number of hydrogen-bond acceptors (Lipinski definition) is 4. The summed E-state index contributed by atoms with van der Waals surface area (Å²) in [6.45, 7) is 0. The van der Waals surface area contributed by atoms with Crippen LogP contribution in [-0.2, 0) is 10.3 Å². The Bertz CT molecular complexity index is 661. The molecule has 2 aromatic carbocycles. The third-order valence-electron chi connectivity index (χ3n) is 3.70. The highest BCUT2D eigenvalue weighted by Gasteiger charge is 2.55. The highest BCUT2D eigenvalue weighted by atomic mass is 16.5. The minimum atomic E-state index is -2.19. The van der Waals surface area contributed by atoms with Gasteiger partial charge in [-0.2, -0.15) is 0 Å². The molecule has 0 unspecified atom stereocenters. The van der Waals surface area contributed by atoms with Gasteiger partial charge in [-0.05, 0) is 11.1 Å². The van der Waals surface area contributed by atoms with Gasteiger partial charge in [-0.15, -0.1) is 0 Å². The lowest BCUT2D eigenvalue weighted by Crippen LogP contribution is -2.46. The monoisotopic (exact) mass is 298 g/mol. The summed E-state index contributed by atoms with van der Waals surface area (Å²) in [5.41, 5.74) is -0.381. The lowest BCUT2D eigenvalue weighted by Gasteiger charge is -2.28. The van der Waals surface area contributed by atoms with Gasteiger partial charge in [0.15, 0.2) is 5.54 Å². The average molecular weight is 298 g/mol. The van der Waals surface area contributed by atoms with Crippen LogP contribution in [0.4, 0.5) is 4.79 Å². The number of urea groups is 1. The summed E-state index contributed by atoms with van der Waals surface area (Å²) in [5, 5.41) is 21.2. The molecular weight excluding hydrogens is 284 g/mol. The van der Waals surface area contributed by atoms with Gasteiger partial charge in [0.25, 0.3) is 5.91 Å². The van der Waals surface area contributed by atoms with Crippen molar-refractivity contribution in [3.8, 4) is 0 Å². The number of nitrogens with one attached hydrogen (secondary N) is 1. The lowest BCUT2D eigenvalue weighted by atomic mass is 9.83. The van der Waals surface area contributed by atoms with Crippen LogP contribution in [0.15, 0.2) is 60.7 Å². The molecule has 3 N–H and O–H groups in total. The second-order valence-corrected chi connectivity index (χ2v) is 4.93. The summed E-state index contributed by atoms with van der Waals surface area (Å²) in [6.07, 6.45) is -2.19. The minimum absolute atomic E-state index is 0.403. The zero-order chi connectivity index (χ0) is 15.7. The van der Waals surface area contributed by atoms with Crippen molar-refractivity contribution in [3.05, 3.63) is 71.8 Å². The average Bonchev–Trinajstić information content (AvgIpc) is 2.81. The molecule has 0 aromatic heterocycles. The molecule has 0 saturated carbocycles. The van der Waals surface area contributed by atoms with E-state index in [0.717, 1.165) is 0 Å². The first-order valence-electron chi connectivity index (χ1n) is 6.70. The summed E-state index contributed by atoms with van der Waals surface area (Å²) in [4.78, 5) is 25.3. The van der Waals surface area contributed by atoms with Crippen molar-refractivity contribution >= 4 is 11.9 Å². The minimum Gasteiger partial charge on any atom is -0.351 e. The maximum Gasteiger partial charge on any atom is 0.329 e. The third kappa shape index (κ3) is 1.97. The van der Waals surface area contributed by atoms with E-state index < -0.39 is 23.9 Å². The molecular formula is C16H14N2O4. The normalized spacial score (nSPS) is 17.0. The van der Waals surface area contributed by atoms with Gasteiger partial charge in [0, 0.05) is 0 Å². The molecule has 2 aromatic rings. The topological polar surface area (TPSA) is 89.9 Å². The van der Waals surface area contributed by atoms with Crippen LogP contribution in [-0.4, -0.2) is 33.5 Å². The van der Waals surface area contributed by atoms with Crippen LogP contribution in [0.25, 0.3) is 0 Å². The summed E-state index contributed by atoms with van der Waals surface area (Å²) in [7, 11) is 0. The van der Waals surface area contributed by atoms with E-state index in [4.69, 9.17) is 0 Å². The molecule has 1 aliphatic heterocycles. The number of nitrogens with zero attached hydrogens (tertiary/aromatic N) is 1. The third-order valence-corrected chi connectivity index (χ3v) is 3.70. The SMILES string of the molecule is O=C1NC(c2ccccc2)(c2ccccc2)C(=O)N1C(O)O. The van der Waals surface area contributed by atoms with Gasteiger partial charge in [-0.25, -0.2) is 9.69 Å². The zero-order valence-corrected chi connectivity index (χ0v) is 11.5. The van der Waals surface area contributed by atoms with Gasteiger partial charge in [-0.3, -0.25) is 4.79 Å². The van der Waals surface area contributed by atoms with Gasteiger partial charge < -0.3 is 15.5 Å². The Kier molecular flexibility index (Phi) is 3.40. The quantitative estimate of drug-likeness (QED) is 0.576. The van der Waals surface area contributed by atoms with E-state index in [1.165, 1.54) is 0 Å². The van der Waals surface area contributed by atoms with Crippen molar-refractivity contribution in [2.45, 2.75) is 12.0 Å². The molecule has 3 amide bonds. The van der Waals surface area contributed by atoms with E-state index >= 15 is 0 Å². The second-order valence-electron chi connectivity index (χ2n) is 4.93. The van der Waals surface area contributed by atoms with Gasteiger partial charge in [0.1, 0.15) is 0 Å². The van der Waals surface area contributed by atoms with Crippen molar-refractivity contribution in [3.63, 3.8) is 0 Å². The molecule has 1 heterocycles. The Labute approximate surface area is 126 Å². The maximum absolute atomic E-state index is 12.8. The Hall–Kier alpha value is -2.70. The highest BCUT2D eigenvalue weighted by Crippen LogP contribution is 2.36. The van der Waals surface area contributed by atoms with Crippen LogP contribution >= 0.6 is 0 Å². The summed E-state index contributed by atoms with van der Waals surface area (Å²) >= 11 is 0. The molecule has 0 radical (unpaired) electrons. The number of rotatable bonds is 3. The number of imide groups is 1. The Balaban J connectivity index is 2.23. The van der Waals surface area contributed by atoms with Crippen LogP contribution in [0.2, 0.25) is 0 Å². The van der Waals surface area contributed by atoms with Crippen LogP contribution in [0.5, 0.6) is 0 Å². The number of hydrogen-bond donors (Lipinski definition) is 3. The zero-order valence-electron chi connectivity index (χ0n) is 11.5. The van der Waals surface area contributed by atoms with E-state index in [9.17, 15) is 19.8 Å². The highest BCUT2D eigenvalue weighted by molar-refractivity contribution is 6.09. The predicted molar refractivity (Wildman–Crippen MR) is 77.3 cm³/mol. The molecule has 1 saturated heterocycles. The fourth-order valence-electron chi connectivity index (χ4n) is 2.69. The first kappa shape index (κ1) is 14.2. The smallest absolute Gasteiger partial charge is 0.329 e. The molecule has 112 valence electrons. The Morgan fingerprint density at radius 1 is 0.864 bits per heavy atom. The van der Waals surface area contributed by atoms with E-state index in [-0.39, 0.29) is 0 Å². The van der Waals surface area contributed by atoms with Crippen LogP contribution in [0.3, 0.4) is 0 Å². The molecule has 1 aliphatic rings. The van der Waals surface area contributed by atoms with Crippen molar-refractivity contribution in [2.24, 2.45) is 0 Å². The van der Waals surface area contributed by atoms with Crippen molar-refractivity contribution in [1.29, 1.82) is 0 Å². The molecule has 1 fully saturated rings. The number of carbonyl (C=O) groups excluding carboxylic acids is 2. The van der Waals surface area contributed by atoms with Gasteiger partial charge >= 0.3 is 6.03 Å². The largest absolute Gasteiger partial charge is 0.351 e. The summed E-state index contributed by atoms with van der Waals surface area (Å²) in [6, 6.07) is 16.6. The standard InChI is InChI=1S/C16H14N2O4/c19-13-16(11-7-3-1-4-8-11,12-9-5-2-6-10-12)17-14(20)18(13)15(21)22/h1-10,15,21-22H,(H,17,20). The fraction of sp³-hybridized carbons (Fsp3) is 0.125. The first-order chi connectivity index (χ1) is 10.6. The van der Waals surface area contributed by atoms with Crippen LogP contribution in [0, 0.1) is 0 Å². The first-order valence-corrected chi connectivity index (χ1v) is 6.70. The summed E-state index contributed by atoms with van der Waals surface area (Å²) in [5.74, 6) is -0.732. The molecule has 6 nitrogen and oxygen atoms in total. The molecule has 0 aliphatic carbocycles. The number of carbonyl (C=O) groups is 2. The molecule has 3 rings (SSSR count). The summed E-state index contributed by atoms with van der Waals surface area (Å²) < 4.78 is 0.